The van der Waals surface area contributed by atoms with Gasteiger partial charge in [-0.2, -0.15) is 0 Å². The molecule has 0 radical (unpaired) electrons. The van der Waals surface area contributed by atoms with Gasteiger partial charge in [-0.25, -0.2) is 14.4 Å². The number of nitrogens with zero attached hydrogens (tertiary/aromatic N) is 5. The third kappa shape index (κ3) is 3.74. The van der Waals surface area contributed by atoms with E-state index in [1.54, 1.807) is 17.0 Å². The molecule has 0 atom stereocenters. The van der Waals surface area contributed by atoms with Crippen LogP contribution in [0.25, 0.3) is 10.3 Å². The summed E-state index contributed by atoms with van der Waals surface area (Å²) in [5.74, 6) is -0.379. The van der Waals surface area contributed by atoms with Gasteiger partial charge in [-0.1, -0.05) is 11.8 Å². The number of hydrogen-bond acceptors (Lipinski definition) is 7. The molecule has 0 aliphatic carbocycles. The summed E-state index contributed by atoms with van der Waals surface area (Å²) in [7, 11) is 0. The van der Waals surface area contributed by atoms with Crippen molar-refractivity contribution in [3.63, 3.8) is 0 Å². The first-order valence-corrected chi connectivity index (χ1v) is 10.8. The second-order valence-electron chi connectivity index (χ2n) is 6.36. The number of benzene rings is 1. The normalized spacial score (nSPS) is 14.6. The molecule has 0 bridgehead atoms. The highest BCUT2D eigenvalue weighted by Crippen LogP contribution is 2.24. The Morgan fingerprint density at radius 1 is 1.21 bits per heavy atom. The SMILES string of the molecule is CSc1nc2ncn(CC(=O)N3CCN(c4ccc(F)cc4)CC3)c(=O)c2s1. The van der Waals surface area contributed by atoms with Crippen molar-refractivity contribution in [3.05, 3.63) is 46.8 Å². The van der Waals surface area contributed by atoms with E-state index in [2.05, 4.69) is 14.9 Å². The Morgan fingerprint density at radius 3 is 2.61 bits per heavy atom. The number of hydrogen-bond donors (Lipinski definition) is 0. The van der Waals surface area contributed by atoms with Gasteiger partial charge >= 0.3 is 0 Å². The average Bonchev–Trinajstić information content (AvgIpc) is 3.15. The van der Waals surface area contributed by atoms with E-state index in [-0.39, 0.29) is 23.8 Å². The highest BCUT2D eigenvalue weighted by atomic mass is 32.2. The largest absolute Gasteiger partial charge is 0.368 e. The zero-order chi connectivity index (χ0) is 19.7. The van der Waals surface area contributed by atoms with Gasteiger partial charge in [-0.15, -0.1) is 11.3 Å². The van der Waals surface area contributed by atoms with Crippen LogP contribution in [0.5, 0.6) is 0 Å². The van der Waals surface area contributed by atoms with Gasteiger partial charge < -0.3 is 9.80 Å². The number of piperazine rings is 1. The van der Waals surface area contributed by atoms with Crippen LogP contribution >= 0.6 is 23.1 Å². The van der Waals surface area contributed by atoms with Gasteiger partial charge in [0.05, 0.1) is 0 Å². The minimum atomic E-state index is -0.265. The number of rotatable bonds is 4. The number of halogens is 1. The molecular formula is C18H18FN5O2S2. The minimum absolute atomic E-state index is 0.0369. The van der Waals surface area contributed by atoms with Crippen LogP contribution in [0.1, 0.15) is 0 Å². The van der Waals surface area contributed by atoms with E-state index < -0.39 is 0 Å². The van der Waals surface area contributed by atoms with Gasteiger partial charge in [0.2, 0.25) is 5.91 Å². The maximum Gasteiger partial charge on any atom is 0.273 e. The lowest BCUT2D eigenvalue weighted by atomic mass is 10.2. The first-order chi connectivity index (χ1) is 13.5. The van der Waals surface area contributed by atoms with Crippen molar-refractivity contribution in [1.29, 1.82) is 0 Å². The van der Waals surface area contributed by atoms with Gasteiger partial charge in [0.15, 0.2) is 9.99 Å². The smallest absolute Gasteiger partial charge is 0.273 e. The Balaban J connectivity index is 1.42. The number of carbonyl (C=O) groups excluding carboxylic acids is 1. The van der Waals surface area contributed by atoms with Crippen molar-refractivity contribution >= 4 is 45.0 Å². The number of aromatic nitrogens is 3. The quantitative estimate of drug-likeness (QED) is 0.603. The van der Waals surface area contributed by atoms with Crippen molar-refractivity contribution in [3.8, 4) is 0 Å². The first-order valence-electron chi connectivity index (χ1n) is 8.73. The molecule has 1 aliphatic heterocycles. The second-order valence-corrected chi connectivity index (χ2v) is 8.41. The molecule has 146 valence electrons. The van der Waals surface area contributed by atoms with E-state index in [1.165, 1.54) is 46.1 Å². The molecule has 1 amide bonds. The molecule has 0 N–H and O–H groups in total. The van der Waals surface area contributed by atoms with E-state index in [4.69, 9.17) is 0 Å². The van der Waals surface area contributed by atoms with E-state index in [0.29, 0.717) is 36.5 Å². The molecule has 10 heteroatoms. The molecule has 3 aromatic rings. The highest BCUT2D eigenvalue weighted by Gasteiger charge is 2.22. The summed E-state index contributed by atoms with van der Waals surface area (Å²) in [5.41, 5.74) is 1.13. The molecule has 1 aromatic carbocycles. The van der Waals surface area contributed by atoms with E-state index in [0.717, 1.165) is 10.0 Å². The van der Waals surface area contributed by atoms with Crippen molar-refractivity contribution in [2.75, 3.05) is 37.3 Å². The second kappa shape index (κ2) is 7.88. The lowest BCUT2D eigenvalue weighted by molar-refractivity contribution is -0.132. The number of carbonyl (C=O) groups is 1. The molecule has 0 saturated carbocycles. The molecule has 0 unspecified atom stereocenters. The lowest BCUT2D eigenvalue weighted by Crippen LogP contribution is -2.50. The van der Waals surface area contributed by atoms with E-state index in [9.17, 15) is 14.0 Å². The molecule has 4 rings (SSSR count). The monoisotopic (exact) mass is 419 g/mol. The van der Waals surface area contributed by atoms with Crippen LogP contribution in [0.3, 0.4) is 0 Å². The van der Waals surface area contributed by atoms with Gasteiger partial charge in [-0.3, -0.25) is 14.2 Å². The first kappa shape index (κ1) is 18.9. The van der Waals surface area contributed by atoms with E-state index in [1.807, 2.05) is 6.26 Å². The summed E-state index contributed by atoms with van der Waals surface area (Å²) in [6.07, 6.45) is 3.28. The number of amides is 1. The Hall–Kier alpha value is -2.46. The maximum atomic E-state index is 13.1. The fourth-order valence-corrected chi connectivity index (χ4v) is 4.60. The van der Waals surface area contributed by atoms with E-state index >= 15 is 0 Å². The maximum absolute atomic E-state index is 13.1. The van der Waals surface area contributed by atoms with Gasteiger partial charge in [0.25, 0.3) is 5.56 Å². The molecule has 1 aliphatic rings. The van der Waals surface area contributed by atoms with Gasteiger partial charge in [0.1, 0.15) is 23.4 Å². The third-order valence-corrected chi connectivity index (χ3v) is 6.69. The Labute approximate surface area is 168 Å². The van der Waals surface area contributed by atoms with Crippen LogP contribution < -0.4 is 10.5 Å². The fourth-order valence-electron chi connectivity index (χ4n) is 3.14. The average molecular weight is 420 g/mol. The zero-order valence-corrected chi connectivity index (χ0v) is 16.8. The molecule has 2 aromatic heterocycles. The van der Waals surface area contributed by atoms with Crippen molar-refractivity contribution < 1.29 is 9.18 Å². The zero-order valence-electron chi connectivity index (χ0n) is 15.2. The van der Waals surface area contributed by atoms with Crippen molar-refractivity contribution in [2.24, 2.45) is 0 Å². The molecule has 1 fully saturated rings. The topological polar surface area (TPSA) is 71.3 Å². The molecule has 7 nitrogen and oxygen atoms in total. The third-order valence-electron chi connectivity index (χ3n) is 4.67. The standard InChI is InChI=1S/C18H18FN5O2S2/c1-27-18-21-16-15(28-18)17(26)24(11-20-16)10-14(25)23-8-6-22(7-9-23)13-4-2-12(19)3-5-13/h2-5,11H,6-10H2,1H3. The van der Waals surface area contributed by atoms with Crippen LogP contribution in [0.15, 0.2) is 39.7 Å². The number of fused-ring (bicyclic) bond motifs is 1. The highest BCUT2D eigenvalue weighted by molar-refractivity contribution is 8.00. The van der Waals surface area contributed by atoms with Crippen LogP contribution in [0, 0.1) is 5.82 Å². The minimum Gasteiger partial charge on any atom is -0.368 e. The molecular weight excluding hydrogens is 401 g/mol. The predicted octanol–water partition coefficient (Wildman–Crippen LogP) is 2.06. The number of thioether (sulfide) groups is 1. The van der Waals surface area contributed by atoms with Crippen molar-refractivity contribution in [2.45, 2.75) is 10.9 Å². The molecule has 3 heterocycles. The molecule has 28 heavy (non-hydrogen) atoms. The van der Waals surface area contributed by atoms with Gasteiger partial charge in [-0.05, 0) is 30.5 Å². The Bertz CT molecular complexity index is 1060. The number of thiazole rings is 1. The van der Waals surface area contributed by atoms with Crippen LogP contribution in [0.2, 0.25) is 0 Å². The predicted molar refractivity (Wildman–Crippen MR) is 109 cm³/mol. The van der Waals surface area contributed by atoms with Crippen LogP contribution in [0.4, 0.5) is 10.1 Å². The Kier molecular flexibility index (Phi) is 5.31. The summed E-state index contributed by atoms with van der Waals surface area (Å²) in [6, 6.07) is 6.35. The summed E-state index contributed by atoms with van der Waals surface area (Å²) >= 11 is 2.76. The van der Waals surface area contributed by atoms with Gasteiger partial charge in [0, 0.05) is 31.9 Å². The van der Waals surface area contributed by atoms with Crippen LogP contribution in [-0.2, 0) is 11.3 Å². The summed E-state index contributed by atoms with van der Waals surface area (Å²) in [5, 5.41) is 0. The molecule has 0 spiro atoms. The summed E-state index contributed by atoms with van der Waals surface area (Å²) in [4.78, 5) is 37.6. The lowest BCUT2D eigenvalue weighted by Gasteiger charge is -2.36. The van der Waals surface area contributed by atoms with Crippen LogP contribution in [-0.4, -0.2) is 57.8 Å². The summed E-state index contributed by atoms with van der Waals surface area (Å²) < 4.78 is 15.7. The summed E-state index contributed by atoms with van der Waals surface area (Å²) in [6.45, 7) is 2.39. The number of anilines is 1. The molecule has 1 saturated heterocycles. The van der Waals surface area contributed by atoms with Crippen molar-refractivity contribution in [1.82, 2.24) is 19.4 Å². The Morgan fingerprint density at radius 2 is 1.93 bits per heavy atom. The fraction of sp³-hybridized carbons (Fsp3) is 0.333.